The Kier molecular flexibility index (Phi) is 5.96. The molecule has 1 saturated heterocycles. The minimum atomic E-state index is -0.852. The summed E-state index contributed by atoms with van der Waals surface area (Å²) < 4.78 is 1.75. The van der Waals surface area contributed by atoms with Crippen molar-refractivity contribution < 1.29 is 14.7 Å². The van der Waals surface area contributed by atoms with Crippen LogP contribution in [0.5, 0.6) is 0 Å². The number of aryl methyl sites for hydroxylation is 1. The first-order valence-corrected chi connectivity index (χ1v) is 9.67. The van der Waals surface area contributed by atoms with Crippen LogP contribution >= 0.6 is 0 Å². The molecule has 2 aromatic rings. The molecule has 1 fully saturated rings. The fourth-order valence-electron chi connectivity index (χ4n) is 3.68. The Bertz CT molecular complexity index is 863. The summed E-state index contributed by atoms with van der Waals surface area (Å²) in [6.45, 7) is 6.80. The monoisotopic (exact) mass is 385 g/mol. The number of amides is 2. The fraction of sp³-hybridized carbons (Fsp3) is 0.500. The quantitative estimate of drug-likeness (QED) is 0.824. The largest absolute Gasteiger partial charge is 0.481 e. The Morgan fingerprint density at radius 1 is 1.36 bits per heavy atom. The van der Waals surface area contributed by atoms with E-state index in [-0.39, 0.29) is 18.5 Å². The van der Waals surface area contributed by atoms with Gasteiger partial charge in [0, 0.05) is 19.3 Å². The molecule has 0 aromatic carbocycles. The molecule has 3 rings (SSSR count). The highest BCUT2D eigenvalue weighted by atomic mass is 16.4. The smallest absolute Gasteiger partial charge is 0.321 e. The van der Waals surface area contributed by atoms with E-state index in [1.807, 2.05) is 26.0 Å². The first-order valence-electron chi connectivity index (χ1n) is 9.67. The van der Waals surface area contributed by atoms with E-state index in [0.29, 0.717) is 24.5 Å². The van der Waals surface area contributed by atoms with Gasteiger partial charge >= 0.3 is 12.0 Å². The van der Waals surface area contributed by atoms with Gasteiger partial charge in [-0.2, -0.15) is 5.10 Å². The van der Waals surface area contributed by atoms with Crippen molar-refractivity contribution in [3.05, 3.63) is 35.8 Å². The number of carboxylic acids is 1. The van der Waals surface area contributed by atoms with Gasteiger partial charge in [0.1, 0.15) is 0 Å². The van der Waals surface area contributed by atoms with Gasteiger partial charge in [0.25, 0.3) is 0 Å². The molecule has 1 aliphatic rings. The van der Waals surface area contributed by atoms with Gasteiger partial charge < -0.3 is 15.3 Å². The number of rotatable bonds is 5. The predicted octanol–water partition coefficient (Wildman–Crippen LogP) is 3.10. The summed E-state index contributed by atoms with van der Waals surface area (Å²) in [6, 6.07) is 3.58. The topological polar surface area (TPSA) is 100 Å². The molecular formula is C20H27N5O3. The lowest BCUT2D eigenvalue weighted by atomic mass is 9.91. The molecule has 8 nitrogen and oxygen atoms in total. The summed E-state index contributed by atoms with van der Waals surface area (Å²) in [5.41, 5.74) is 2.60. The zero-order valence-corrected chi connectivity index (χ0v) is 16.6. The van der Waals surface area contributed by atoms with Crippen LogP contribution in [0.15, 0.2) is 24.5 Å². The fourth-order valence-corrected chi connectivity index (χ4v) is 3.68. The van der Waals surface area contributed by atoms with Crippen LogP contribution in [-0.2, 0) is 11.2 Å². The number of hydrogen-bond acceptors (Lipinski definition) is 4. The highest BCUT2D eigenvalue weighted by molar-refractivity contribution is 5.90. The van der Waals surface area contributed by atoms with Crippen molar-refractivity contribution in [2.24, 2.45) is 11.8 Å². The Morgan fingerprint density at radius 3 is 2.82 bits per heavy atom. The number of piperidine rings is 1. The highest BCUT2D eigenvalue weighted by Gasteiger charge is 2.32. The SMILES string of the molecule is CCCc1c(NC(=O)N2CC(C)CC(C(=O)O)C2)cnn1-c1cc(C)ccn1. The number of anilines is 1. The minimum absolute atomic E-state index is 0.148. The third kappa shape index (κ3) is 4.32. The zero-order valence-electron chi connectivity index (χ0n) is 16.6. The Balaban J connectivity index is 1.82. The van der Waals surface area contributed by atoms with E-state index in [1.165, 1.54) is 0 Å². The van der Waals surface area contributed by atoms with E-state index in [1.54, 1.807) is 22.0 Å². The van der Waals surface area contributed by atoms with Crippen molar-refractivity contribution in [1.82, 2.24) is 19.7 Å². The number of aliphatic carboxylic acids is 1. The minimum Gasteiger partial charge on any atom is -0.481 e. The standard InChI is InChI=1S/C20H27N5O3/c1-4-5-17-16(10-22-25(17)18-9-13(2)6-7-21-18)23-20(28)24-11-14(3)8-15(12-24)19(26)27/h6-7,9-10,14-15H,4-5,8,11-12H2,1-3H3,(H,23,28)(H,26,27). The van der Waals surface area contributed by atoms with Crippen LogP contribution in [0.2, 0.25) is 0 Å². The summed E-state index contributed by atoms with van der Waals surface area (Å²) in [6.07, 6.45) is 5.59. The van der Waals surface area contributed by atoms with Crippen LogP contribution in [-0.4, -0.2) is 49.9 Å². The second-order valence-corrected chi connectivity index (χ2v) is 7.57. The maximum absolute atomic E-state index is 12.8. The molecule has 2 atom stereocenters. The van der Waals surface area contributed by atoms with Gasteiger partial charge in [0.15, 0.2) is 5.82 Å². The molecular weight excluding hydrogens is 358 g/mol. The number of carbonyl (C=O) groups is 2. The van der Waals surface area contributed by atoms with Crippen molar-refractivity contribution >= 4 is 17.7 Å². The lowest BCUT2D eigenvalue weighted by molar-refractivity contribution is -0.143. The van der Waals surface area contributed by atoms with Crippen LogP contribution in [0.3, 0.4) is 0 Å². The van der Waals surface area contributed by atoms with Gasteiger partial charge in [-0.05, 0) is 43.4 Å². The van der Waals surface area contributed by atoms with E-state index < -0.39 is 11.9 Å². The number of urea groups is 1. The molecule has 1 aliphatic heterocycles. The lowest BCUT2D eigenvalue weighted by Gasteiger charge is -2.34. The Morgan fingerprint density at radius 2 is 2.14 bits per heavy atom. The van der Waals surface area contributed by atoms with E-state index in [4.69, 9.17) is 0 Å². The molecule has 150 valence electrons. The number of carbonyl (C=O) groups excluding carboxylic acids is 1. The molecule has 8 heteroatoms. The second-order valence-electron chi connectivity index (χ2n) is 7.57. The molecule has 0 aliphatic carbocycles. The van der Waals surface area contributed by atoms with Crippen LogP contribution in [0, 0.1) is 18.8 Å². The molecule has 3 heterocycles. The summed E-state index contributed by atoms with van der Waals surface area (Å²) in [7, 11) is 0. The van der Waals surface area contributed by atoms with Gasteiger partial charge in [0.2, 0.25) is 0 Å². The lowest BCUT2D eigenvalue weighted by Crippen LogP contribution is -2.47. The normalized spacial score (nSPS) is 19.5. The van der Waals surface area contributed by atoms with Crippen LogP contribution in [0.1, 0.15) is 37.9 Å². The molecule has 2 aromatic heterocycles. The van der Waals surface area contributed by atoms with Crippen LogP contribution in [0.25, 0.3) is 5.82 Å². The van der Waals surface area contributed by atoms with Crippen LogP contribution < -0.4 is 5.32 Å². The number of aromatic nitrogens is 3. The van der Waals surface area contributed by atoms with Gasteiger partial charge in [-0.3, -0.25) is 4.79 Å². The number of nitrogens with one attached hydrogen (secondary N) is 1. The van der Waals surface area contributed by atoms with Crippen molar-refractivity contribution in [3.63, 3.8) is 0 Å². The Hall–Kier alpha value is -2.90. The van der Waals surface area contributed by atoms with E-state index in [2.05, 4.69) is 22.3 Å². The molecule has 0 radical (unpaired) electrons. The summed E-state index contributed by atoms with van der Waals surface area (Å²) in [4.78, 5) is 30.2. The average Bonchev–Trinajstić information content (AvgIpc) is 3.04. The molecule has 0 bridgehead atoms. The van der Waals surface area contributed by atoms with Gasteiger partial charge in [-0.15, -0.1) is 0 Å². The van der Waals surface area contributed by atoms with Gasteiger partial charge in [-0.25, -0.2) is 14.5 Å². The predicted molar refractivity (Wildman–Crippen MR) is 106 cm³/mol. The van der Waals surface area contributed by atoms with Crippen LogP contribution in [0.4, 0.5) is 10.5 Å². The molecule has 2 amide bonds. The summed E-state index contributed by atoms with van der Waals surface area (Å²) in [5.74, 6) is -0.519. The van der Waals surface area contributed by atoms with Crippen molar-refractivity contribution in [2.75, 3.05) is 18.4 Å². The van der Waals surface area contributed by atoms with Crippen molar-refractivity contribution in [1.29, 1.82) is 0 Å². The first-order chi connectivity index (χ1) is 13.4. The first kappa shape index (κ1) is 19.9. The molecule has 2 unspecified atom stereocenters. The zero-order chi connectivity index (χ0) is 20.3. The number of nitrogens with zero attached hydrogens (tertiary/aromatic N) is 4. The van der Waals surface area contributed by atoms with E-state index in [9.17, 15) is 14.7 Å². The molecule has 0 spiro atoms. The second kappa shape index (κ2) is 8.41. The number of pyridine rings is 1. The number of likely N-dealkylation sites (tertiary alicyclic amines) is 1. The van der Waals surface area contributed by atoms with Crippen molar-refractivity contribution in [2.45, 2.75) is 40.0 Å². The maximum Gasteiger partial charge on any atom is 0.321 e. The van der Waals surface area contributed by atoms with E-state index in [0.717, 1.165) is 24.1 Å². The van der Waals surface area contributed by atoms with Gasteiger partial charge in [-0.1, -0.05) is 20.3 Å². The number of carboxylic acid groups (broad SMARTS) is 1. The highest BCUT2D eigenvalue weighted by Crippen LogP contribution is 2.25. The summed E-state index contributed by atoms with van der Waals surface area (Å²) >= 11 is 0. The molecule has 28 heavy (non-hydrogen) atoms. The molecule has 0 saturated carbocycles. The van der Waals surface area contributed by atoms with Crippen molar-refractivity contribution in [3.8, 4) is 5.82 Å². The van der Waals surface area contributed by atoms with Gasteiger partial charge in [0.05, 0.1) is 23.5 Å². The third-order valence-electron chi connectivity index (χ3n) is 5.01. The Labute approximate surface area is 164 Å². The van der Waals surface area contributed by atoms with E-state index >= 15 is 0 Å². The third-order valence-corrected chi connectivity index (χ3v) is 5.01. The maximum atomic E-state index is 12.8. The number of hydrogen-bond donors (Lipinski definition) is 2. The average molecular weight is 385 g/mol. The molecule has 2 N–H and O–H groups in total. The summed E-state index contributed by atoms with van der Waals surface area (Å²) in [5, 5.41) is 16.7.